The molecule has 0 aliphatic heterocycles. The van der Waals surface area contributed by atoms with Gasteiger partial charge >= 0.3 is 23.9 Å². The van der Waals surface area contributed by atoms with Gasteiger partial charge in [-0.1, -0.05) is 64.6 Å². The van der Waals surface area contributed by atoms with Crippen molar-refractivity contribution in [2.45, 2.75) is 84.4 Å². The van der Waals surface area contributed by atoms with Crippen LogP contribution in [0.1, 0.15) is 75.1 Å². The second-order valence-corrected chi connectivity index (χ2v) is 13.3. The van der Waals surface area contributed by atoms with E-state index < -0.39 is 82.8 Å². The number of carbonyl (C=O) groups excluding carboxylic acids is 5. The van der Waals surface area contributed by atoms with Gasteiger partial charge in [-0.25, -0.2) is 9.59 Å². The quantitative estimate of drug-likeness (QED) is 0.257. The fourth-order valence-electron chi connectivity index (χ4n) is 6.74. The number of aliphatic hydroxyl groups is 1. The molecule has 2 aromatic rings. The van der Waals surface area contributed by atoms with Gasteiger partial charge in [0.05, 0.1) is 17.0 Å². The molecule has 0 unspecified atom stereocenters. The van der Waals surface area contributed by atoms with Gasteiger partial charge in [0, 0.05) is 44.0 Å². The molecule has 1 fully saturated rings. The van der Waals surface area contributed by atoms with Gasteiger partial charge in [-0.3, -0.25) is 19.4 Å². The summed E-state index contributed by atoms with van der Waals surface area (Å²) in [6.45, 7) is 13.4. The summed E-state index contributed by atoms with van der Waals surface area (Å²) in [4.78, 5) is 70.0. The van der Waals surface area contributed by atoms with Gasteiger partial charge in [-0.05, 0) is 42.2 Å². The largest absolute Gasteiger partial charge is 0.458 e. The molecule has 11 nitrogen and oxygen atoms in total. The molecule has 0 spiro atoms. The van der Waals surface area contributed by atoms with E-state index in [0.717, 1.165) is 0 Å². The summed E-state index contributed by atoms with van der Waals surface area (Å²) in [5.74, 6) is -6.10. The summed E-state index contributed by atoms with van der Waals surface area (Å²) in [7, 11) is 0. The number of ketones is 1. The minimum absolute atomic E-state index is 0.0887. The van der Waals surface area contributed by atoms with Gasteiger partial charge in [0.2, 0.25) is 0 Å². The summed E-state index contributed by atoms with van der Waals surface area (Å²) >= 11 is 0. The minimum Gasteiger partial charge on any atom is -0.458 e. The topological polar surface area (TPSA) is 155 Å². The van der Waals surface area contributed by atoms with E-state index in [1.807, 2.05) is 0 Å². The van der Waals surface area contributed by atoms with Crippen molar-refractivity contribution < 1.29 is 48.0 Å². The Hall–Kier alpha value is -4.64. The molecule has 4 rings (SSSR count). The Kier molecular flexibility index (Phi) is 11.0. The number of fused-ring (bicyclic) bond motifs is 1. The van der Waals surface area contributed by atoms with Crippen molar-refractivity contribution >= 4 is 29.7 Å². The molecule has 2 aliphatic carbocycles. The fraction of sp³-hybridized carbons (Fsp3) is 0.459. The summed E-state index contributed by atoms with van der Waals surface area (Å²) in [6.07, 6.45) is 1.09. The zero-order valence-corrected chi connectivity index (χ0v) is 28.1. The molecule has 11 heteroatoms. The molecule has 0 bridgehead atoms. The van der Waals surface area contributed by atoms with E-state index in [1.165, 1.54) is 32.3 Å². The molecule has 0 radical (unpaired) electrons. The van der Waals surface area contributed by atoms with Gasteiger partial charge < -0.3 is 24.1 Å². The molecule has 2 aliphatic rings. The van der Waals surface area contributed by atoms with Gasteiger partial charge in [0.25, 0.3) is 0 Å². The molecule has 0 saturated heterocycles. The van der Waals surface area contributed by atoms with Crippen molar-refractivity contribution in [1.82, 2.24) is 4.98 Å². The highest BCUT2D eigenvalue weighted by Crippen LogP contribution is 2.49. The monoisotopic (exact) mass is 661 g/mol. The molecule has 1 aromatic carbocycles. The Bertz CT molecular complexity index is 1570. The number of hydrogen-bond acceptors (Lipinski definition) is 11. The van der Waals surface area contributed by atoms with Gasteiger partial charge in [-0.15, -0.1) is 0 Å². The maximum Gasteiger partial charge on any atom is 0.340 e. The van der Waals surface area contributed by atoms with Crippen LogP contribution in [-0.4, -0.2) is 69.8 Å². The van der Waals surface area contributed by atoms with Crippen LogP contribution in [0.2, 0.25) is 0 Å². The number of nitrogens with zero attached hydrogens (tertiary/aromatic N) is 1. The average molecular weight is 662 g/mol. The number of carbonyl (C=O) groups is 5. The zero-order chi connectivity index (χ0) is 35.4. The summed E-state index contributed by atoms with van der Waals surface area (Å²) in [6, 6.07) is 11.4. The summed E-state index contributed by atoms with van der Waals surface area (Å²) < 4.78 is 23.6. The number of benzene rings is 1. The first-order chi connectivity index (χ1) is 22.5. The predicted octanol–water partition coefficient (Wildman–Crippen LogP) is 4.83. The summed E-state index contributed by atoms with van der Waals surface area (Å²) in [5.41, 5.74) is -2.58. The van der Waals surface area contributed by atoms with Crippen LogP contribution in [0.15, 0.2) is 79.2 Å². The number of pyridine rings is 1. The third kappa shape index (κ3) is 7.90. The predicted molar refractivity (Wildman–Crippen MR) is 173 cm³/mol. The fourth-order valence-corrected chi connectivity index (χ4v) is 6.74. The van der Waals surface area contributed by atoms with E-state index >= 15 is 0 Å². The number of allylic oxidation sites excluding steroid dienone is 1. The SMILES string of the molecule is C=C1C[C@@H](OC(C)=O)[C@H](OC(=O)c2cccnc2)C(C)(C)C=C[C@H](C)C(=O)[C@]2(O)C[C@H](C)[C@H](OC(=O)c3ccccc3)[C@@H]2[C@@H]1OC(C)=O. The first-order valence-electron chi connectivity index (χ1n) is 15.9. The average Bonchev–Trinajstić information content (AvgIpc) is 3.29. The Balaban J connectivity index is 1.86. The zero-order valence-electron chi connectivity index (χ0n) is 28.1. The molecule has 1 heterocycles. The van der Waals surface area contributed by atoms with E-state index in [9.17, 15) is 29.1 Å². The van der Waals surface area contributed by atoms with E-state index in [4.69, 9.17) is 18.9 Å². The number of ether oxygens (including phenoxy) is 4. The minimum atomic E-state index is -2.11. The normalized spacial score (nSPS) is 30.2. The Morgan fingerprint density at radius 3 is 2.12 bits per heavy atom. The lowest BCUT2D eigenvalue weighted by molar-refractivity contribution is -0.166. The van der Waals surface area contributed by atoms with Crippen LogP contribution in [-0.2, 0) is 33.3 Å². The van der Waals surface area contributed by atoms with Crippen molar-refractivity contribution in [2.24, 2.45) is 23.2 Å². The first kappa shape index (κ1) is 36.2. The molecule has 0 amide bonds. The second kappa shape index (κ2) is 14.6. The number of hydrogen-bond donors (Lipinski definition) is 1. The highest BCUT2D eigenvalue weighted by Gasteiger charge is 2.62. The molecule has 1 aromatic heterocycles. The van der Waals surface area contributed by atoms with Gasteiger partial charge in [-0.2, -0.15) is 0 Å². The van der Waals surface area contributed by atoms with Crippen molar-refractivity contribution in [3.05, 3.63) is 90.3 Å². The second-order valence-electron chi connectivity index (χ2n) is 13.3. The lowest BCUT2D eigenvalue weighted by Gasteiger charge is -2.41. The molecule has 256 valence electrons. The summed E-state index contributed by atoms with van der Waals surface area (Å²) in [5, 5.41) is 12.3. The number of esters is 4. The molecule has 48 heavy (non-hydrogen) atoms. The van der Waals surface area contributed by atoms with Crippen molar-refractivity contribution in [2.75, 3.05) is 0 Å². The molecular weight excluding hydrogens is 618 g/mol. The lowest BCUT2D eigenvalue weighted by atomic mass is 9.73. The van der Waals surface area contributed by atoms with Crippen LogP contribution in [0.3, 0.4) is 0 Å². The van der Waals surface area contributed by atoms with Crippen LogP contribution in [0.25, 0.3) is 0 Å². The highest BCUT2D eigenvalue weighted by atomic mass is 16.6. The Morgan fingerprint density at radius 2 is 1.52 bits per heavy atom. The molecular formula is C37H43NO10. The number of Topliss-reactive ketones (excluding diaryl/α,β-unsaturated/α-hetero) is 1. The van der Waals surface area contributed by atoms with Crippen LogP contribution >= 0.6 is 0 Å². The maximum absolute atomic E-state index is 14.2. The van der Waals surface area contributed by atoms with Crippen LogP contribution < -0.4 is 0 Å². The third-order valence-corrected chi connectivity index (χ3v) is 9.01. The molecule has 1 saturated carbocycles. The van der Waals surface area contributed by atoms with Crippen molar-refractivity contribution in [1.29, 1.82) is 0 Å². The van der Waals surface area contributed by atoms with Crippen LogP contribution in [0.5, 0.6) is 0 Å². The van der Waals surface area contributed by atoms with E-state index in [0.29, 0.717) is 0 Å². The Morgan fingerprint density at radius 1 is 0.896 bits per heavy atom. The number of aromatic nitrogens is 1. The molecule has 8 atom stereocenters. The standard InChI is InChI=1S/C37H43NO10/c1-21-15-16-36(6,7)33(48-35(43)27-14-11-17-38-20-27)28(45-24(4)39)18-22(2)30(46-25(5)40)29-31(23(3)19-37(29,44)32(21)41)47-34(42)26-12-9-8-10-13-26/h8-17,20-21,23,28-31,33,44H,2,18-19H2,1,3-7H3/t21-,23-,28+,29-,30+,31-,33-,37-/m0/s1. The van der Waals surface area contributed by atoms with E-state index in [1.54, 1.807) is 76.2 Å². The third-order valence-electron chi connectivity index (χ3n) is 9.01. The van der Waals surface area contributed by atoms with E-state index in [-0.39, 0.29) is 29.5 Å². The lowest BCUT2D eigenvalue weighted by Crippen LogP contribution is -2.54. The number of rotatable bonds is 6. The van der Waals surface area contributed by atoms with Crippen molar-refractivity contribution in [3.8, 4) is 0 Å². The molecule has 1 N–H and O–H groups in total. The van der Waals surface area contributed by atoms with Crippen molar-refractivity contribution in [3.63, 3.8) is 0 Å². The Labute approximate surface area is 280 Å². The first-order valence-corrected chi connectivity index (χ1v) is 15.9. The maximum atomic E-state index is 14.2. The van der Waals surface area contributed by atoms with Crippen LogP contribution in [0, 0.1) is 23.2 Å². The highest BCUT2D eigenvalue weighted by molar-refractivity contribution is 5.92. The van der Waals surface area contributed by atoms with Gasteiger partial charge in [0.1, 0.15) is 30.0 Å². The van der Waals surface area contributed by atoms with Crippen LogP contribution in [0.4, 0.5) is 0 Å². The van der Waals surface area contributed by atoms with Gasteiger partial charge in [0.15, 0.2) is 5.78 Å². The van der Waals surface area contributed by atoms with E-state index in [2.05, 4.69) is 11.6 Å². The smallest absolute Gasteiger partial charge is 0.340 e.